The van der Waals surface area contributed by atoms with Gasteiger partial charge in [0.25, 0.3) is 0 Å². The molecule has 5 nitrogen and oxygen atoms in total. The van der Waals surface area contributed by atoms with Crippen molar-refractivity contribution in [2.24, 2.45) is 0 Å². The lowest BCUT2D eigenvalue weighted by atomic mass is 9.96. The topological polar surface area (TPSA) is 53.9 Å². The molecule has 5 heteroatoms. The summed E-state index contributed by atoms with van der Waals surface area (Å²) in [5, 5.41) is 3.14. The molecule has 144 valence electrons. The SMILES string of the molecule is CCNc1ncc(CN2CC[C@H](c3ccnc(-c4ccccc4C)c3)C2)cn1. The normalized spacial score (nSPS) is 17.0. The van der Waals surface area contributed by atoms with Gasteiger partial charge in [0, 0.05) is 49.4 Å². The van der Waals surface area contributed by atoms with Gasteiger partial charge in [0.15, 0.2) is 0 Å². The Balaban J connectivity index is 1.43. The third-order valence-electron chi connectivity index (χ3n) is 5.40. The van der Waals surface area contributed by atoms with Crippen molar-refractivity contribution in [2.75, 3.05) is 25.0 Å². The number of hydrogen-bond acceptors (Lipinski definition) is 5. The van der Waals surface area contributed by atoms with Crippen LogP contribution in [0, 0.1) is 6.92 Å². The van der Waals surface area contributed by atoms with Gasteiger partial charge in [0.1, 0.15) is 0 Å². The van der Waals surface area contributed by atoms with E-state index >= 15 is 0 Å². The molecule has 0 unspecified atom stereocenters. The third-order valence-corrected chi connectivity index (χ3v) is 5.40. The predicted molar refractivity (Wildman–Crippen MR) is 113 cm³/mol. The lowest BCUT2D eigenvalue weighted by molar-refractivity contribution is 0.326. The summed E-state index contributed by atoms with van der Waals surface area (Å²) in [4.78, 5) is 15.9. The highest BCUT2D eigenvalue weighted by molar-refractivity contribution is 5.63. The Labute approximate surface area is 166 Å². The largest absolute Gasteiger partial charge is 0.355 e. The average Bonchev–Trinajstić information content (AvgIpc) is 3.19. The highest BCUT2D eigenvalue weighted by Crippen LogP contribution is 2.30. The van der Waals surface area contributed by atoms with Crippen LogP contribution in [0.25, 0.3) is 11.3 Å². The van der Waals surface area contributed by atoms with E-state index in [9.17, 15) is 0 Å². The molecule has 1 N–H and O–H groups in total. The minimum Gasteiger partial charge on any atom is -0.355 e. The highest BCUT2D eigenvalue weighted by atomic mass is 15.1. The van der Waals surface area contributed by atoms with Crippen molar-refractivity contribution in [3.63, 3.8) is 0 Å². The van der Waals surface area contributed by atoms with Crippen LogP contribution in [-0.4, -0.2) is 39.5 Å². The van der Waals surface area contributed by atoms with Gasteiger partial charge >= 0.3 is 0 Å². The molecule has 3 aromatic rings. The van der Waals surface area contributed by atoms with Gasteiger partial charge in [0.05, 0.1) is 5.69 Å². The number of likely N-dealkylation sites (tertiary alicyclic amines) is 1. The van der Waals surface area contributed by atoms with Crippen molar-refractivity contribution in [3.8, 4) is 11.3 Å². The molecule has 0 bridgehead atoms. The number of hydrogen-bond donors (Lipinski definition) is 1. The number of nitrogens with zero attached hydrogens (tertiary/aromatic N) is 4. The number of rotatable bonds is 6. The van der Waals surface area contributed by atoms with Crippen molar-refractivity contribution in [2.45, 2.75) is 32.7 Å². The van der Waals surface area contributed by atoms with Gasteiger partial charge in [0.2, 0.25) is 5.95 Å². The standard InChI is InChI=1S/C23H27N5/c1-3-24-23-26-13-18(14-27-23)15-28-11-9-20(16-28)19-8-10-25-22(12-19)21-7-5-4-6-17(21)2/h4-8,10,12-14,20H,3,9,11,15-16H2,1-2H3,(H,24,26,27)/t20-/m0/s1. The van der Waals surface area contributed by atoms with E-state index in [4.69, 9.17) is 0 Å². The summed E-state index contributed by atoms with van der Waals surface area (Å²) in [6, 6.07) is 12.9. The molecule has 2 aromatic heterocycles. The minimum atomic E-state index is 0.549. The molecule has 3 heterocycles. The molecule has 1 aromatic carbocycles. The molecule has 1 fully saturated rings. The fourth-order valence-corrected chi connectivity index (χ4v) is 3.90. The minimum absolute atomic E-state index is 0.549. The van der Waals surface area contributed by atoms with Crippen LogP contribution in [0.1, 0.15) is 36.0 Å². The first-order chi connectivity index (χ1) is 13.7. The number of nitrogens with one attached hydrogen (secondary N) is 1. The zero-order valence-corrected chi connectivity index (χ0v) is 16.6. The second-order valence-corrected chi connectivity index (χ2v) is 7.46. The van der Waals surface area contributed by atoms with Gasteiger partial charge in [-0.3, -0.25) is 9.88 Å². The van der Waals surface area contributed by atoms with E-state index in [1.165, 1.54) is 23.1 Å². The van der Waals surface area contributed by atoms with Crippen LogP contribution < -0.4 is 5.32 Å². The molecular weight excluding hydrogens is 346 g/mol. The number of benzene rings is 1. The predicted octanol–water partition coefficient (Wildman–Crippen LogP) is 4.27. The quantitative estimate of drug-likeness (QED) is 0.699. The molecule has 28 heavy (non-hydrogen) atoms. The van der Waals surface area contributed by atoms with Gasteiger partial charge in [-0.15, -0.1) is 0 Å². The molecular formula is C23H27N5. The van der Waals surface area contributed by atoms with E-state index in [1.54, 1.807) is 0 Å². The van der Waals surface area contributed by atoms with Gasteiger partial charge in [-0.25, -0.2) is 9.97 Å². The molecule has 0 aliphatic carbocycles. The number of aromatic nitrogens is 3. The average molecular weight is 374 g/mol. The maximum absolute atomic E-state index is 4.62. The monoisotopic (exact) mass is 373 g/mol. The summed E-state index contributed by atoms with van der Waals surface area (Å²) in [5.41, 5.74) is 6.10. The summed E-state index contributed by atoms with van der Waals surface area (Å²) in [6.07, 6.45) is 6.99. The van der Waals surface area contributed by atoms with Crippen molar-refractivity contribution < 1.29 is 0 Å². The molecule has 0 radical (unpaired) electrons. The fraction of sp³-hybridized carbons (Fsp3) is 0.348. The summed E-state index contributed by atoms with van der Waals surface area (Å²) < 4.78 is 0. The first-order valence-corrected chi connectivity index (χ1v) is 10.0. The van der Waals surface area contributed by atoms with Crippen LogP contribution in [-0.2, 0) is 6.54 Å². The molecule has 1 aliphatic rings. The van der Waals surface area contributed by atoms with Crippen LogP contribution in [0.4, 0.5) is 5.95 Å². The van der Waals surface area contributed by atoms with Crippen molar-refractivity contribution in [1.29, 1.82) is 0 Å². The van der Waals surface area contributed by atoms with Crippen molar-refractivity contribution in [3.05, 3.63) is 71.7 Å². The summed E-state index contributed by atoms with van der Waals surface area (Å²) >= 11 is 0. The number of anilines is 1. The van der Waals surface area contributed by atoms with Crippen LogP contribution in [0.15, 0.2) is 55.0 Å². The maximum Gasteiger partial charge on any atom is 0.222 e. The van der Waals surface area contributed by atoms with Gasteiger partial charge in [-0.05, 0) is 56.0 Å². The highest BCUT2D eigenvalue weighted by Gasteiger charge is 2.24. The van der Waals surface area contributed by atoms with Crippen LogP contribution in [0.3, 0.4) is 0 Å². The molecule has 1 atom stereocenters. The molecule has 0 spiro atoms. The summed E-state index contributed by atoms with van der Waals surface area (Å²) in [6.45, 7) is 8.09. The number of pyridine rings is 1. The molecule has 1 saturated heterocycles. The Hall–Kier alpha value is -2.79. The van der Waals surface area contributed by atoms with Gasteiger partial charge < -0.3 is 5.32 Å². The third kappa shape index (κ3) is 4.20. The van der Waals surface area contributed by atoms with Crippen LogP contribution >= 0.6 is 0 Å². The zero-order chi connectivity index (χ0) is 19.3. The Morgan fingerprint density at radius 3 is 2.71 bits per heavy atom. The van der Waals surface area contributed by atoms with E-state index < -0.39 is 0 Å². The first-order valence-electron chi connectivity index (χ1n) is 10.0. The molecule has 0 amide bonds. The molecule has 1 aliphatic heterocycles. The summed E-state index contributed by atoms with van der Waals surface area (Å²) in [7, 11) is 0. The summed E-state index contributed by atoms with van der Waals surface area (Å²) in [5.74, 6) is 1.25. The van der Waals surface area contributed by atoms with Crippen molar-refractivity contribution >= 4 is 5.95 Å². The van der Waals surface area contributed by atoms with E-state index in [-0.39, 0.29) is 0 Å². The van der Waals surface area contributed by atoms with Crippen molar-refractivity contribution in [1.82, 2.24) is 19.9 Å². The lowest BCUT2D eigenvalue weighted by Gasteiger charge is -2.16. The van der Waals surface area contributed by atoms with E-state index in [0.717, 1.165) is 37.4 Å². The van der Waals surface area contributed by atoms with Gasteiger partial charge in [-0.2, -0.15) is 0 Å². The zero-order valence-electron chi connectivity index (χ0n) is 16.6. The lowest BCUT2D eigenvalue weighted by Crippen LogP contribution is -2.20. The van der Waals surface area contributed by atoms with E-state index in [1.807, 2.05) is 25.5 Å². The molecule has 0 saturated carbocycles. The molecule has 4 rings (SSSR count). The Morgan fingerprint density at radius 2 is 1.93 bits per heavy atom. The second-order valence-electron chi connectivity index (χ2n) is 7.46. The van der Waals surface area contributed by atoms with E-state index in [2.05, 4.69) is 68.5 Å². The van der Waals surface area contributed by atoms with Crippen LogP contribution in [0.5, 0.6) is 0 Å². The second kappa shape index (κ2) is 8.48. The maximum atomic E-state index is 4.62. The van der Waals surface area contributed by atoms with Gasteiger partial charge in [-0.1, -0.05) is 24.3 Å². The number of aryl methyl sites for hydroxylation is 1. The smallest absolute Gasteiger partial charge is 0.222 e. The van der Waals surface area contributed by atoms with E-state index in [0.29, 0.717) is 11.9 Å². The Morgan fingerprint density at radius 1 is 1.11 bits per heavy atom. The Bertz CT molecular complexity index is 922. The Kier molecular flexibility index (Phi) is 5.63. The fourth-order valence-electron chi connectivity index (χ4n) is 3.90. The van der Waals surface area contributed by atoms with Crippen LogP contribution in [0.2, 0.25) is 0 Å². The first kappa shape index (κ1) is 18.6.